The number of rotatable bonds is 6. The van der Waals surface area contributed by atoms with Gasteiger partial charge in [0.15, 0.2) is 0 Å². The van der Waals surface area contributed by atoms with Gasteiger partial charge in [0.05, 0.1) is 6.54 Å². The van der Waals surface area contributed by atoms with Crippen LogP contribution < -0.4 is 0 Å². The lowest BCUT2D eigenvalue weighted by Gasteiger charge is -2.35. The Morgan fingerprint density at radius 2 is 1.76 bits per heavy atom. The Morgan fingerprint density at radius 1 is 1.24 bits per heavy atom. The number of hydrogen-bond acceptors (Lipinski definition) is 3. The van der Waals surface area contributed by atoms with E-state index in [2.05, 4.69) is 4.90 Å². The van der Waals surface area contributed by atoms with Crippen molar-refractivity contribution in [1.82, 2.24) is 9.80 Å². The molecule has 1 heterocycles. The van der Waals surface area contributed by atoms with Crippen LogP contribution in [0.25, 0.3) is 0 Å². The maximum absolute atomic E-state index is 12.8. The van der Waals surface area contributed by atoms with Crippen molar-refractivity contribution >= 4 is 5.97 Å². The SMILES string of the molecule is CC(F)(F)CN1CCN(CCCC(=O)O)CC1. The zero-order valence-electron chi connectivity index (χ0n) is 10.2. The molecule has 1 N–H and O–H groups in total. The van der Waals surface area contributed by atoms with Crippen LogP contribution in [0.15, 0.2) is 0 Å². The molecular weight excluding hydrogens is 230 g/mol. The lowest BCUT2D eigenvalue weighted by Crippen LogP contribution is -2.49. The molecule has 0 aromatic heterocycles. The monoisotopic (exact) mass is 250 g/mol. The molecule has 0 spiro atoms. The molecule has 100 valence electrons. The second-order valence-corrected chi connectivity index (χ2v) is 4.69. The molecule has 0 amide bonds. The number of hydrogen-bond donors (Lipinski definition) is 1. The largest absolute Gasteiger partial charge is 0.481 e. The number of alkyl halides is 2. The molecule has 6 heteroatoms. The minimum Gasteiger partial charge on any atom is -0.481 e. The molecule has 0 saturated carbocycles. The van der Waals surface area contributed by atoms with Crippen molar-refractivity contribution in [2.24, 2.45) is 0 Å². The first-order valence-corrected chi connectivity index (χ1v) is 5.91. The zero-order valence-corrected chi connectivity index (χ0v) is 10.2. The molecular formula is C11H20F2N2O2. The summed E-state index contributed by atoms with van der Waals surface area (Å²) in [6, 6.07) is 0. The predicted octanol–water partition coefficient (Wildman–Crippen LogP) is 1.12. The van der Waals surface area contributed by atoms with Crippen LogP contribution in [0.1, 0.15) is 19.8 Å². The maximum Gasteiger partial charge on any atom is 0.303 e. The summed E-state index contributed by atoms with van der Waals surface area (Å²) in [6.45, 7) is 4.25. The Labute approximate surface area is 100 Å². The number of halogens is 2. The highest BCUT2D eigenvalue weighted by molar-refractivity contribution is 5.66. The summed E-state index contributed by atoms with van der Waals surface area (Å²) in [4.78, 5) is 14.2. The summed E-state index contributed by atoms with van der Waals surface area (Å²) in [5.41, 5.74) is 0. The van der Waals surface area contributed by atoms with Gasteiger partial charge in [0, 0.05) is 39.5 Å². The van der Waals surface area contributed by atoms with Gasteiger partial charge in [-0.3, -0.25) is 9.69 Å². The third kappa shape index (κ3) is 6.53. The number of carbonyl (C=O) groups is 1. The van der Waals surface area contributed by atoms with Crippen LogP contribution in [0.2, 0.25) is 0 Å². The second-order valence-electron chi connectivity index (χ2n) is 4.69. The molecule has 0 radical (unpaired) electrons. The molecule has 1 fully saturated rings. The van der Waals surface area contributed by atoms with E-state index < -0.39 is 11.9 Å². The number of aliphatic carboxylic acids is 1. The maximum atomic E-state index is 12.8. The fourth-order valence-corrected chi connectivity index (χ4v) is 2.02. The van der Waals surface area contributed by atoms with E-state index in [1.165, 1.54) is 0 Å². The standard InChI is InChI=1S/C11H20F2N2O2/c1-11(12,13)9-15-7-5-14(6-8-15)4-2-3-10(16)17/h2-9H2,1H3,(H,16,17). The molecule has 1 aliphatic rings. The lowest BCUT2D eigenvalue weighted by atomic mass is 10.2. The smallest absolute Gasteiger partial charge is 0.303 e. The van der Waals surface area contributed by atoms with Crippen molar-refractivity contribution in [3.63, 3.8) is 0 Å². The Morgan fingerprint density at radius 3 is 2.24 bits per heavy atom. The predicted molar refractivity (Wildman–Crippen MR) is 60.4 cm³/mol. The van der Waals surface area contributed by atoms with Gasteiger partial charge in [-0.2, -0.15) is 0 Å². The Balaban J connectivity index is 2.15. The third-order valence-corrected chi connectivity index (χ3v) is 2.83. The van der Waals surface area contributed by atoms with Crippen molar-refractivity contribution in [3.05, 3.63) is 0 Å². The number of piperazine rings is 1. The van der Waals surface area contributed by atoms with E-state index in [0.29, 0.717) is 19.5 Å². The topological polar surface area (TPSA) is 43.8 Å². The summed E-state index contributed by atoms with van der Waals surface area (Å²) < 4.78 is 25.5. The molecule has 0 aromatic carbocycles. The highest BCUT2D eigenvalue weighted by Crippen LogP contribution is 2.15. The highest BCUT2D eigenvalue weighted by atomic mass is 19.3. The highest BCUT2D eigenvalue weighted by Gasteiger charge is 2.27. The van der Waals surface area contributed by atoms with Gasteiger partial charge in [-0.15, -0.1) is 0 Å². The van der Waals surface area contributed by atoms with Gasteiger partial charge in [0.1, 0.15) is 0 Å². The summed E-state index contributed by atoms with van der Waals surface area (Å²) in [6.07, 6.45) is 0.798. The molecule has 0 atom stereocenters. The van der Waals surface area contributed by atoms with E-state index in [4.69, 9.17) is 5.11 Å². The Kier molecular flexibility index (Phi) is 5.27. The van der Waals surface area contributed by atoms with Crippen molar-refractivity contribution in [1.29, 1.82) is 0 Å². The van der Waals surface area contributed by atoms with Crippen LogP contribution in [-0.2, 0) is 4.79 Å². The number of carboxylic acids is 1. The molecule has 1 rings (SSSR count). The van der Waals surface area contributed by atoms with Crippen molar-refractivity contribution < 1.29 is 18.7 Å². The quantitative estimate of drug-likeness (QED) is 0.767. The van der Waals surface area contributed by atoms with E-state index in [1.807, 2.05) is 0 Å². The molecule has 1 saturated heterocycles. The first kappa shape index (κ1) is 14.3. The zero-order chi connectivity index (χ0) is 12.9. The van der Waals surface area contributed by atoms with E-state index in [-0.39, 0.29) is 13.0 Å². The van der Waals surface area contributed by atoms with E-state index in [9.17, 15) is 13.6 Å². The van der Waals surface area contributed by atoms with E-state index in [1.54, 1.807) is 4.90 Å². The van der Waals surface area contributed by atoms with E-state index in [0.717, 1.165) is 26.6 Å². The number of carboxylic acid groups (broad SMARTS) is 1. The average molecular weight is 250 g/mol. The molecule has 0 aliphatic carbocycles. The minimum absolute atomic E-state index is 0.174. The summed E-state index contributed by atoms with van der Waals surface area (Å²) in [7, 11) is 0. The minimum atomic E-state index is -2.63. The first-order chi connectivity index (χ1) is 7.87. The van der Waals surface area contributed by atoms with E-state index >= 15 is 0 Å². The third-order valence-electron chi connectivity index (χ3n) is 2.83. The average Bonchev–Trinajstić information content (AvgIpc) is 2.18. The summed E-state index contributed by atoms with van der Waals surface area (Å²) >= 11 is 0. The lowest BCUT2D eigenvalue weighted by molar-refractivity contribution is -0.137. The van der Waals surface area contributed by atoms with Crippen LogP contribution in [0.4, 0.5) is 8.78 Å². The summed E-state index contributed by atoms with van der Waals surface area (Å²) in [5.74, 6) is -3.42. The van der Waals surface area contributed by atoms with Crippen molar-refractivity contribution in [3.8, 4) is 0 Å². The molecule has 0 bridgehead atoms. The van der Waals surface area contributed by atoms with Gasteiger partial charge in [-0.05, 0) is 13.0 Å². The van der Waals surface area contributed by atoms with Crippen LogP contribution in [0.3, 0.4) is 0 Å². The van der Waals surface area contributed by atoms with Gasteiger partial charge in [0.25, 0.3) is 5.92 Å². The normalized spacial score (nSPS) is 19.5. The van der Waals surface area contributed by atoms with Gasteiger partial charge < -0.3 is 10.0 Å². The molecule has 1 aliphatic heterocycles. The molecule has 17 heavy (non-hydrogen) atoms. The van der Waals surface area contributed by atoms with Crippen molar-refractivity contribution in [2.45, 2.75) is 25.7 Å². The Hall–Kier alpha value is -0.750. The van der Waals surface area contributed by atoms with Gasteiger partial charge >= 0.3 is 5.97 Å². The molecule has 4 nitrogen and oxygen atoms in total. The van der Waals surface area contributed by atoms with Crippen LogP contribution in [0.5, 0.6) is 0 Å². The number of nitrogens with zero attached hydrogens (tertiary/aromatic N) is 2. The van der Waals surface area contributed by atoms with Gasteiger partial charge in [-0.25, -0.2) is 8.78 Å². The summed E-state index contributed by atoms with van der Waals surface area (Å²) in [5, 5.41) is 8.50. The fourth-order valence-electron chi connectivity index (χ4n) is 2.02. The van der Waals surface area contributed by atoms with Crippen LogP contribution in [0, 0.1) is 0 Å². The van der Waals surface area contributed by atoms with Gasteiger partial charge in [-0.1, -0.05) is 0 Å². The fraction of sp³-hybridized carbons (Fsp3) is 0.909. The molecule has 0 unspecified atom stereocenters. The Bertz CT molecular complexity index is 248. The first-order valence-electron chi connectivity index (χ1n) is 5.91. The molecule has 0 aromatic rings. The van der Waals surface area contributed by atoms with Crippen LogP contribution in [-0.4, -0.2) is 66.1 Å². The van der Waals surface area contributed by atoms with Gasteiger partial charge in [0.2, 0.25) is 0 Å². The van der Waals surface area contributed by atoms with Crippen molar-refractivity contribution in [2.75, 3.05) is 39.3 Å². The van der Waals surface area contributed by atoms with Crippen LogP contribution >= 0.6 is 0 Å². The second kappa shape index (κ2) is 6.26.